The van der Waals surface area contributed by atoms with Crippen LogP contribution in [0.25, 0.3) is 0 Å². The molecule has 0 spiro atoms. The van der Waals surface area contributed by atoms with Gasteiger partial charge in [-0.05, 0) is 24.1 Å². The normalized spacial score (nSPS) is 24.1. The van der Waals surface area contributed by atoms with Crippen LogP contribution in [0.5, 0.6) is 5.75 Å². The molecule has 27 heavy (non-hydrogen) atoms. The van der Waals surface area contributed by atoms with Crippen LogP contribution in [0.4, 0.5) is 8.78 Å². The zero-order chi connectivity index (χ0) is 19.2. The highest BCUT2D eigenvalue weighted by Gasteiger charge is 2.55. The van der Waals surface area contributed by atoms with Crippen LogP contribution in [-0.4, -0.2) is 51.4 Å². The van der Waals surface area contributed by atoms with E-state index in [4.69, 9.17) is 4.74 Å². The lowest BCUT2D eigenvalue weighted by atomic mass is 9.74. The molecule has 2 aliphatic rings. The number of aromatic nitrogens is 2. The number of nitrogens with zero attached hydrogens (tertiary/aromatic N) is 3. The molecule has 1 N–H and O–H groups in total. The molecule has 0 bridgehead atoms. The molecule has 7 nitrogen and oxygen atoms in total. The third-order valence-electron chi connectivity index (χ3n) is 5.35. The minimum absolute atomic E-state index is 0.0228. The van der Waals surface area contributed by atoms with Crippen molar-refractivity contribution in [2.75, 3.05) is 19.7 Å². The van der Waals surface area contributed by atoms with Gasteiger partial charge in [0.25, 0.3) is 5.91 Å². The number of para-hydroxylation sites is 1. The molecule has 1 aromatic carbocycles. The first kappa shape index (κ1) is 17.4. The number of ether oxygens (including phenoxy) is 1. The van der Waals surface area contributed by atoms with Crippen molar-refractivity contribution in [2.24, 2.45) is 11.3 Å². The molecule has 9 heteroatoms. The Morgan fingerprint density at radius 1 is 1.30 bits per heavy atom. The predicted molar refractivity (Wildman–Crippen MR) is 88.6 cm³/mol. The Bertz CT molecular complexity index is 900. The number of carboxylic acid groups (broad SMARTS) is 1. The van der Waals surface area contributed by atoms with Crippen molar-refractivity contribution in [3.63, 3.8) is 0 Å². The number of carbonyl (C=O) groups excluding carboxylic acids is 1. The number of hydrogen-bond acceptors (Lipinski definition) is 4. The lowest BCUT2D eigenvalue weighted by molar-refractivity contribution is -0.150. The van der Waals surface area contributed by atoms with Gasteiger partial charge in [0.1, 0.15) is 5.75 Å². The van der Waals surface area contributed by atoms with Crippen LogP contribution in [0.1, 0.15) is 22.6 Å². The Hall–Kier alpha value is -2.97. The third-order valence-corrected chi connectivity index (χ3v) is 5.35. The van der Waals surface area contributed by atoms with E-state index in [0.717, 1.165) is 11.8 Å². The van der Waals surface area contributed by atoms with E-state index in [9.17, 15) is 23.5 Å². The zero-order valence-corrected chi connectivity index (χ0v) is 14.2. The van der Waals surface area contributed by atoms with Crippen molar-refractivity contribution < 1.29 is 28.2 Å². The Morgan fingerprint density at radius 2 is 2.07 bits per heavy atom. The molecule has 3 heterocycles. The fourth-order valence-electron chi connectivity index (χ4n) is 3.90. The summed E-state index contributed by atoms with van der Waals surface area (Å²) < 4.78 is 31.6. The molecule has 1 fully saturated rings. The Morgan fingerprint density at radius 3 is 2.78 bits per heavy atom. The van der Waals surface area contributed by atoms with Gasteiger partial charge in [0, 0.05) is 25.2 Å². The van der Waals surface area contributed by atoms with Crippen LogP contribution in [0.3, 0.4) is 0 Å². The van der Waals surface area contributed by atoms with Crippen LogP contribution >= 0.6 is 0 Å². The number of likely N-dealkylation sites (tertiary alicyclic amines) is 1. The molecule has 4 rings (SSSR count). The number of rotatable bonds is 3. The molecule has 2 aliphatic heterocycles. The standard InChI is InChI=1S/C18H17F2N3O4/c19-17(20)23-6-5-13(21-23)15(24)22-8-12-9-27-14-4-2-1-3-11(14)7-18(12,10-22)16(25)26/h1-6,12,17H,7-10H2,(H,25,26)/t12-,18+/m0/s1. The van der Waals surface area contributed by atoms with Crippen LogP contribution < -0.4 is 4.74 Å². The number of hydrogen-bond donors (Lipinski definition) is 1. The largest absolute Gasteiger partial charge is 0.493 e. The van der Waals surface area contributed by atoms with Crippen molar-refractivity contribution >= 4 is 11.9 Å². The summed E-state index contributed by atoms with van der Waals surface area (Å²) in [6.45, 7) is -2.53. The number of amides is 1. The summed E-state index contributed by atoms with van der Waals surface area (Å²) in [6, 6.07) is 8.46. The lowest BCUT2D eigenvalue weighted by Crippen LogP contribution is -2.42. The minimum Gasteiger partial charge on any atom is -0.493 e. The van der Waals surface area contributed by atoms with Gasteiger partial charge < -0.3 is 14.7 Å². The fourth-order valence-corrected chi connectivity index (χ4v) is 3.90. The average molecular weight is 377 g/mol. The molecule has 0 unspecified atom stereocenters. The van der Waals surface area contributed by atoms with Crippen molar-refractivity contribution in [3.05, 3.63) is 47.8 Å². The second kappa shape index (κ2) is 6.33. The maximum Gasteiger partial charge on any atom is 0.333 e. The van der Waals surface area contributed by atoms with Gasteiger partial charge in [-0.3, -0.25) is 9.59 Å². The first-order valence-corrected chi connectivity index (χ1v) is 8.47. The highest BCUT2D eigenvalue weighted by atomic mass is 19.3. The molecular weight excluding hydrogens is 360 g/mol. The van der Waals surface area contributed by atoms with Gasteiger partial charge in [0.15, 0.2) is 5.69 Å². The fraction of sp³-hybridized carbons (Fsp3) is 0.389. The van der Waals surface area contributed by atoms with E-state index in [-0.39, 0.29) is 31.8 Å². The van der Waals surface area contributed by atoms with Gasteiger partial charge >= 0.3 is 12.5 Å². The highest BCUT2D eigenvalue weighted by Crippen LogP contribution is 2.44. The number of halogens is 2. The van der Waals surface area contributed by atoms with Crippen LogP contribution in [0.15, 0.2) is 36.5 Å². The summed E-state index contributed by atoms with van der Waals surface area (Å²) in [5.74, 6) is -1.32. The molecule has 1 amide bonds. The summed E-state index contributed by atoms with van der Waals surface area (Å²) in [6.07, 6.45) is 1.26. The molecule has 142 valence electrons. The highest BCUT2D eigenvalue weighted by molar-refractivity contribution is 5.93. The molecule has 1 saturated heterocycles. The number of carbonyl (C=O) groups is 2. The first-order chi connectivity index (χ1) is 12.9. The van der Waals surface area contributed by atoms with Gasteiger partial charge in [-0.15, -0.1) is 0 Å². The number of alkyl halides is 2. The molecule has 0 saturated carbocycles. The van der Waals surface area contributed by atoms with Gasteiger partial charge in [0.2, 0.25) is 0 Å². The van der Waals surface area contributed by atoms with E-state index in [1.165, 1.54) is 11.0 Å². The molecule has 2 aromatic rings. The number of carboxylic acids is 1. The van der Waals surface area contributed by atoms with Crippen molar-refractivity contribution in [1.82, 2.24) is 14.7 Å². The summed E-state index contributed by atoms with van der Waals surface area (Å²) in [7, 11) is 0. The number of fused-ring (bicyclic) bond motifs is 2. The maximum absolute atomic E-state index is 12.7. The maximum atomic E-state index is 12.7. The summed E-state index contributed by atoms with van der Waals surface area (Å²) in [5.41, 5.74) is -0.541. The second-order valence-corrected chi connectivity index (χ2v) is 6.90. The van der Waals surface area contributed by atoms with Crippen LogP contribution in [0.2, 0.25) is 0 Å². The molecule has 2 atom stereocenters. The quantitative estimate of drug-likeness (QED) is 0.885. The Kier molecular flexibility index (Phi) is 4.09. The summed E-state index contributed by atoms with van der Waals surface area (Å²) >= 11 is 0. The van der Waals surface area contributed by atoms with E-state index >= 15 is 0 Å². The Balaban J connectivity index is 1.63. The molecule has 0 aliphatic carbocycles. The smallest absolute Gasteiger partial charge is 0.333 e. The topological polar surface area (TPSA) is 84.7 Å². The van der Waals surface area contributed by atoms with Gasteiger partial charge in [0.05, 0.1) is 12.0 Å². The van der Waals surface area contributed by atoms with E-state index in [0.29, 0.717) is 10.4 Å². The van der Waals surface area contributed by atoms with Gasteiger partial charge in [-0.25, -0.2) is 4.68 Å². The van der Waals surface area contributed by atoms with Crippen molar-refractivity contribution in [3.8, 4) is 5.75 Å². The first-order valence-electron chi connectivity index (χ1n) is 8.47. The van der Waals surface area contributed by atoms with Crippen molar-refractivity contribution in [2.45, 2.75) is 13.0 Å². The number of aliphatic carboxylic acids is 1. The van der Waals surface area contributed by atoms with E-state index in [1.54, 1.807) is 6.07 Å². The van der Waals surface area contributed by atoms with E-state index < -0.39 is 29.8 Å². The van der Waals surface area contributed by atoms with E-state index in [2.05, 4.69) is 5.10 Å². The second-order valence-electron chi connectivity index (χ2n) is 6.90. The summed E-state index contributed by atoms with van der Waals surface area (Å²) in [5, 5.41) is 13.6. The summed E-state index contributed by atoms with van der Waals surface area (Å²) in [4.78, 5) is 26.3. The van der Waals surface area contributed by atoms with E-state index in [1.807, 2.05) is 18.2 Å². The predicted octanol–water partition coefficient (Wildman–Crippen LogP) is 2.06. The van der Waals surface area contributed by atoms with Gasteiger partial charge in [-0.1, -0.05) is 18.2 Å². The van der Waals surface area contributed by atoms with Crippen LogP contribution in [-0.2, 0) is 11.2 Å². The van der Waals surface area contributed by atoms with Crippen LogP contribution in [0, 0.1) is 11.3 Å². The number of benzene rings is 1. The minimum atomic E-state index is -2.84. The third kappa shape index (κ3) is 2.83. The molecular formula is C18H17F2N3O4. The van der Waals surface area contributed by atoms with Gasteiger partial charge in [-0.2, -0.15) is 13.9 Å². The monoisotopic (exact) mass is 377 g/mol. The Labute approximate surface area is 153 Å². The van der Waals surface area contributed by atoms with Crippen molar-refractivity contribution in [1.29, 1.82) is 0 Å². The average Bonchev–Trinajstić information content (AvgIpc) is 3.24. The molecule has 1 aromatic heterocycles. The molecule has 0 radical (unpaired) electrons. The lowest BCUT2D eigenvalue weighted by Gasteiger charge is -2.27. The SMILES string of the molecule is O=C(c1ccn(C(F)F)n1)N1C[C@H]2COc3ccccc3C[C@@]2(C(=O)O)C1. The zero-order valence-electron chi connectivity index (χ0n) is 14.2.